The summed E-state index contributed by atoms with van der Waals surface area (Å²) >= 11 is 0. The highest BCUT2D eigenvalue weighted by atomic mass is 32.2. The lowest BCUT2D eigenvalue weighted by molar-refractivity contribution is 0.0392. The van der Waals surface area contributed by atoms with Crippen LogP contribution in [0, 0.1) is 5.92 Å². The van der Waals surface area contributed by atoms with Crippen LogP contribution >= 0.6 is 0 Å². The van der Waals surface area contributed by atoms with Gasteiger partial charge in [-0.1, -0.05) is 25.2 Å². The van der Waals surface area contributed by atoms with Gasteiger partial charge in [0.2, 0.25) is 0 Å². The van der Waals surface area contributed by atoms with E-state index < -0.39 is 26.9 Å². The van der Waals surface area contributed by atoms with Gasteiger partial charge in [0.1, 0.15) is 16.6 Å². The van der Waals surface area contributed by atoms with E-state index in [-0.39, 0.29) is 18.1 Å². The minimum absolute atomic E-state index is 0.212. The fourth-order valence-corrected chi connectivity index (χ4v) is 4.71. The number of allylic oxidation sites excluding steroid dienone is 1. The van der Waals surface area contributed by atoms with Gasteiger partial charge < -0.3 is 9.47 Å². The van der Waals surface area contributed by atoms with Crippen LogP contribution in [0.1, 0.15) is 53.8 Å². The molecule has 3 atom stereocenters. The van der Waals surface area contributed by atoms with E-state index in [4.69, 9.17) is 9.47 Å². The van der Waals surface area contributed by atoms with Gasteiger partial charge in [0.25, 0.3) is 10.1 Å². The summed E-state index contributed by atoms with van der Waals surface area (Å²) in [5.41, 5.74) is 1.24. The summed E-state index contributed by atoms with van der Waals surface area (Å²) in [7, 11) is -3.07. The SMILES string of the molecule is C=CCC1OC(=O)c2cc(OC)c(C3(S(=O)(=O)O)C=CC(C)CC3)cc21. The first kappa shape index (κ1) is 18.7. The van der Waals surface area contributed by atoms with Crippen LogP contribution in [-0.4, -0.2) is 26.0 Å². The first-order valence-electron chi connectivity index (χ1n) is 8.44. The molecule has 3 rings (SSSR count). The van der Waals surface area contributed by atoms with E-state index in [0.29, 0.717) is 29.5 Å². The molecule has 0 aromatic heterocycles. The van der Waals surface area contributed by atoms with Crippen LogP contribution in [-0.2, 0) is 19.6 Å². The molecule has 1 aliphatic carbocycles. The van der Waals surface area contributed by atoms with Crippen LogP contribution in [0.2, 0.25) is 0 Å². The van der Waals surface area contributed by atoms with Gasteiger partial charge >= 0.3 is 5.97 Å². The van der Waals surface area contributed by atoms with E-state index in [0.717, 1.165) is 0 Å². The summed E-state index contributed by atoms with van der Waals surface area (Å²) < 4.78 is 44.0. The number of carbonyl (C=O) groups excluding carboxylic acids is 1. The number of benzene rings is 1. The number of hydrogen-bond donors (Lipinski definition) is 1. The van der Waals surface area contributed by atoms with Gasteiger partial charge in [0.05, 0.1) is 12.7 Å². The first-order chi connectivity index (χ1) is 12.2. The number of rotatable bonds is 5. The molecule has 26 heavy (non-hydrogen) atoms. The quantitative estimate of drug-likeness (QED) is 0.479. The number of cyclic esters (lactones) is 1. The summed E-state index contributed by atoms with van der Waals surface area (Å²) in [6.45, 7) is 5.65. The van der Waals surface area contributed by atoms with Crippen molar-refractivity contribution in [1.29, 1.82) is 0 Å². The Bertz CT molecular complexity index is 886. The monoisotopic (exact) mass is 378 g/mol. The van der Waals surface area contributed by atoms with Gasteiger partial charge in [0, 0.05) is 17.5 Å². The fraction of sp³-hybridized carbons (Fsp3) is 0.421. The van der Waals surface area contributed by atoms with Gasteiger partial charge in [-0.05, 0) is 30.9 Å². The molecule has 1 N–H and O–H groups in total. The average Bonchev–Trinajstić information content (AvgIpc) is 2.89. The molecule has 6 nitrogen and oxygen atoms in total. The molecule has 0 amide bonds. The Labute approximate surface area is 153 Å². The molecule has 3 unspecified atom stereocenters. The van der Waals surface area contributed by atoms with Crippen molar-refractivity contribution in [2.75, 3.05) is 7.11 Å². The third-order valence-electron chi connectivity index (χ3n) is 5.15. The van der Waals surface area contributed by atoms with Gasteiger partial charge in [-0.25, -0.2) is 4.79 Å². The van der Waals surface area contributed by atoms with Crippen molar-refractivity contribution in [1.82, 2.24) is 0 Å². The highest BCUT2D eigenvalue weighted by molar-refractivity contribution is 7.87. The molecule has 1 aromatic rings. The van der Waals surface area contributed by atoms with Crippen molar-refractivity contribution >= 4 is 16.1 Å². The smallest absolute Gasteiger partial charge is 0.339 e. The van der Waals surface area contributed by atoms with E-state index in [1.807, 2.05) is 6.92 Å². The Morgan fingerprint density at radius 1 is 1.46 bits per heavy atom. The van der Waals surface area contributed by atoms with Crippen LogP contribution in [0.3, 0.4) is 0 Å². The Hall–Kier alpha value is -2.12. The first-order valence-corrected chi connectivity index (χ1v) is 9.88. The maximum atomic E-state index is 12.4. The van der Waals surface area contributed by atoms with Crippen LogP contribution in [0.25, 0.3) is 0 Å². The topological polar surface area (TPSA) is 89.9 Å². The lowest BCUT2D eigenvalue weighted by Gasteiger charge is -2.33. The molecular weight excluding hydrogens is 356 g/mol. The highest BCUT2D eigenvalue weighted by Gasteiger charge is 2.47. The number of fused-ring (bicyclic) bond motifs is 1. The summed E-state index contributed by atoms with van der Waals surface area (Å²) in [6, 6.07) is 3.11. The number of methoxy groups -OCH3 is 1. The van der Waals surface area contributed by atoms with Gasteiger partial charge in [-0.15, -0.1) is 6.58 Å². The second kappa shape index (κ2) is 6.55. The summed E-state index contributed by atoms with van der Waals surface area (Å²) in [4.78, 5) is 12.1. The van der Waals surface area contributed by atoms with Gasteiger partial charge in [0.15, 0.2) is 0 Å². The Morgan fingerprint density at radius 3 is 2.73 bits per heavy atom. The molecule has 1 aromatic carbocycles. The molecule has 0 spiro atoms. The van der Waals surface area contributed by atoms with Crippen LogP contribution in [0.4, 0.5) is 0 Å². The van der Waals surface area contributed by atoms with Crippen LogP contribution < -0.4 is 4.74 Å². The molecule has 140 valence electrons. The van der Waals surface area contributed by atoms with E-state index in [2.05, 4.69) is 6.58 Å². The molecule has 2 aliphatic rings. The zero-order chi connectivity index (χ0) is 19.1. The van der Waals surface area contributed by atoms with Crippen LogP contribution in [0.15, 0.2) is 36.9 Å². The predicted octanol–water partition coefficient (Wildman–Crippen LogP) is 3.55. The summed E-state index contributed by atoms with van der Waals surface area (Å²) in [5, 5.41) is 0. The maximum absolute atomic E-state index is 12.4. The second-order valence-electron chi connectivity index (χ2n) is 6.80. The Morgan fingerprint density at radius 2 is 2.19 bits per heavy atom. The standard InChI is InChI=1S/C19H22O6S/c1-4-5-16-13-10-15(17(24-3)11-14(13)18(20)25-16)19(26(21,22)23)8-6-12(2)7-9-19/h4,6,8,10-12,16H,1,5,7,9H2,2-3H3,(H,21,22,23). The molecule has 0 radical (unpaired) electrons. The molecule has 0 saturated heterocycles. The molecule has 1 heterocycles. The average molecular weight is 378 g/mol. The molecule has 0 fully saturated rings. The largest absolute Gasteiger partial charge is 0.496 e. The Balaban J connectivity index is 2.26. The molecule has 0 saturated carbocycles. The van der Waals surface area contributed by atoms with E-state index in [1.165, 1.54) is 19.3 Å². The fourth-order valence-electron chi connectivity index (χ4n) is 3.64. The highest BCUT2D eigenvalue weighted by Crippen LogP contribution is 2.47. The normalized spacial score (nSPS) is 27.7. The van der Waals surface area contributed by atoms with E-state index >= 15 is 0 Å². The number of ether oxygens (including phenoxy) is 2. The number of hydrogen-bond acceptors (Lipinski definition) is 5. The molecular formula is C19H22O6S. The minimum atomic E-state index is -4.47. The van der Waals surface area contributed by atoms with E-state index in [9.17, 15) is 17.8 Å². The third-order valence-corrected chi connectivity index (χ3v) is 6.63. The minimum Gasteiger partial charge on any atom is -0.496 e. The molecule has 1 aliphatic heterocycles. The van der Waals surface area contributed by atoms with Gasteiger partial charge in [-0.3, -0.25) is 4.55 Å². The van der Waals surface area contributed by atoms with Crippen molar-refractivity contribution in [2.24, 2.45) is 5.92 Å². The Kier molecular flexibility index (Phi) is 4.71. The lowest BCUT2D eigenvalue weighted by atomic mass is 9.82. The van der Waals surface area contributed by atoms with Crippen molar-refractivity contribution < 1.29 is 27.2 Å². The van der Waals surface area contributed by atoms with Crippen molar-refractivity contribution in [3.63, 3.8) is 0 Å². The van der Waals surface area contributed by atoms with E-state index in [1.54, 1.807) is 18.2 Å². The second-order valence-corrected chi connectivity index (χ2v) is 8.48. The molecule has 7 heteroatoms. The summed E-state index contributed by atoms with van der Waals surface area (Å²) in [5.74, 6) is -0.0362. The number of carbonyl (C=O) groups is 1. The predicted molar refractivity (Wildman–Crippen MR) is 96.7 cm³/mol. The van der Waals surface area contributed by atoms with Gasteiger partial charge in [-0.2, -0.15) is 8.42 Å². The van der Waals surface area contributed by atoms with Crippen molar-refractivity contribution in [3.05, 3.63) is 53.6 Å². The zero-order valence-electron chi connectivity index (χ0n) is 14.8. The zero-order valence-corrected chi connectivity index (χ0v) is 15.6. The third kappa shape index (κ3) is 2.85. The summed E-state index contributed by atoms with van der Waals surface area (Å²) in [6.07, 6.45) is 5.66. The lowest BCUT2D eigenvalue weighted by Crippen LogP contribution is -2.36. The molecule has 0 bridgehead atoms. The van der Waals surface area contributed by atoms with Crippen molar-refractivity contribution in [2.45, 2.75) is 37.0 Å². The maximum Gasteiger partial charge on any atom is 0.339 e. The van der Waals surface area contributed by atoms with Crippen molar-refractivity contribution in [3.8, 4) is 5.75 Å². The number of esters is 1. The van der Waals surface area contributed by atoms with Crippen LogP contribution in [0.5, 0.6) is 5.75 Å².